The standard InChI is InChI=1S/C29H37O2PS2/c1-28(2,3)20-24-16-10-12-18-26(24)30-32(33,34-22-23-14-8-7-9-15-23)31-27-19-13-11-17-25(27)21-29(4,5)6/h7-19H,20-22H2,1-6H3. The van der Waals surface area contributed by atoms with Crippen molar-refractivity contribution in [1.29, 1.82) is 0 Å². The Morgan fingerprint density at radius 2 is 1.06 bits per heavy atom. The summed E-state index contributed by atoms with van der Waals surface area (Å²) in [6.07, 6.45) is 1.81. The molecule has 0 radical (unpaired) electrons. The van der Waals surface area contributed by atoms with E-state index >= 15 is 0 Å². The molecular weight excluding hydrogens is 475 g/mol. The van der Waals surface area contributed by atoms with E-state index < -0.39 is 5.69 Å². The van der Waals surface area contributed by atoms with Crippen LogP contribution < -0.4 is 9.05 Å². The van der Waals surface area contributed by atoms with E-state index in [2.05, 4.69) is 90.1 Å². The average molecular weight is 513 g/mol. The molecule has 0 aliphatic carbocycles. The summed E-state index contributed by atoms with van der Waals surface area (Å²) in [4.78, 5) is 0. The molecule has 0 saturated carbocycles. The highest BCUT2D eigenvalue weighted by atomic mass is 32.9. The molecule has 0 spiro atoms. The van der Waals surface area contributed by atoms with Crippen LogP contribution in [0.2, 0.25) is 0 Å². The summed E-state index contributed by atoms with van der Waals surface area (Å²) in [5.74, 6) is 2.39. The largest absolute Gasteiger partial charge is 0.428 e. The molecule has 0 atom stereocenters. The lowest BCUT2D eigenvalue weighted by Gasteiger charge is -2.27. The van der Waals surface area contributed by atoms with E-state index in [1.54, 1.807) is 11.4 Å². The van der Waals surface area contributed by atoms with E-state index in [1.807, 2.05) is 30.3 Å². The Labute approximate surface area is 215 Å². The first-order valence-electron chi connectivity index (χ1n) is 11.8. The molecule has 5 heteroatoms. The van der Waals surface area contributed by atoms with Gasteiger partial charge in [0, 0.05) is 5.75 Å². The molecule has 0 amide bonds. The van der Waals surface area contributed by atoms with Gasteiger partial charge in [-0.2, -0.15) is 0 Å². The third-order valence-corrected chi connectivity index (χ3v) is 9.84. The molecule has 0 heterocycles. The Morgan fingerprint density at radius 1 is 0.647 bits per heavy atom. The van der Waals surface area contributed by atoms with E-state index in [0.717, 1.165) is 41.2 Å². The minimum absolute atomic E-state index is 0.138. The highest BCUT2D eigenvalue weighted by Crippen LogP contribution is 2.62. The Balaban J connectivity index is 1.94. The smallest absolute Gasteiger partial charge is 0.348 e. The fourth-order valence-electron chi connectivity index (χ4n) is 3.66. The van der Waals surface area contributed by atoms with Crippen molar-refractivity contribution in [2.75, 3.05) is 0 Å². The molecule has 34 heavy (non-hydrogen) atoms. The molecule has 0 unspecified atom stereocenters. The fourth-order valence-corrected chi connectivity index (χ4v) is 7.82. The van der Waals surface area contributed by atoms with Crippen LogP contribution in [0.25, 0.3) is 0 Å². The molecule has 0 aliphatic rings. The molecule has 3 aromatic carbocycles. The quantitative estimate of drug-likeness (QED) is 0.266. The maximum absolute atomic E-state index is 6.66. The highest BCUT2D eigenvalue weighted by molar-refractivity contribution is 8.67. The molecule has 0 bridgehead atoms. The molecule has 2 nitrogen and oxygen atoms in total. The molecule has 0 fully saturated rings. The molecule has 3 aromatic rings. The third-order valence-electron chi connectivity index (χ3n) is 5.04. The first kappa shape index (κ1) is 26.9. The van der Waals surface area contributed by atoms with Crippen molar-refractivity contribution in [3.63, 3.8) is 0 Å². The maximum Gasteiger partial charge on any atom is 0.348 e. The monoisotopic (exact) mass is 512 g/mol. The SMILES string of the molecule is CC(C)(C)Cc1ccccc1OP(=S)(Oc1ccccc1CC(C)(C)C)SCc1ccccc1. The van der Waals surface area contributed by atoms with E-state index in [4.69, 9.17) is 20.9 Å². The van der Waals surface area contributed by atoms with Gasteiger partial charge >= 0.3 is 5.69 Å². The molecule has 0 aliphatic heterocycles. The molecule has 0 aromatic heterocycles. The second kappa shape index (κ2) is 11.3. The molecule has 0 saturated heterocycles. The van der Waals surface area contributed by atoms with Crippen LogP contribution in [-0.2, 0) is 30.4 Å². The summed E-state index contributed by atoms with van der Waals surface area (Å²) in [5, 5.41) is 0. The van der Waals surface area contributed by atoms with Gasteiger partial charge in [-0.1, -0.05) is 108 Å². The minimum atomic E-state index is -2.76. The summed E-state index contributed by atoms with van der Waals surface area (Å²) in [6.45, 7) is 13.4. The average Bonchev–Trinajstić information content (AvgIpc) is 2.74. The van der Waals surface area contributed by atoms with Gasteiger partial charge in [0.2, 0.25) is 0 Å². The van der Waals surface area contributed by atoms with Crippen LogP contribution >= 0.6 is 17.1 Å². The molecular formula is C29H37O2PS2. The Kier molecular flexibility index (Phi) is 8.95. The van der Waals surface area contributed by atoms with Crippen LogP contribution in [-0.4, -0.2) is 0 Å². The zero-order chi connectivity index (χ0) is 24.8. The van der Waals surface area contributed by atoms with E-state index in [9.17, 15) is 0 Å². The number of hydrogen-bond acceptors (Lipinski definition) is 4. The normalized spacial score (nSPS) is 12.4. The summed E-state index contributed by atoms with van der Waals surface area (Å²) >= 11 is 7.80. The fraction of sp³-hybridized carbons (Fsp3) is 0.379. The van der Waals surface area contributed by atoms with Crippen molar-refractivity contribution in [3.05, 3.63) is 95.6 Å². The van der Waals surface area contributed by atoms with Crippen molar-refractivity contribution in [3.8, 4) is 11.5 Å². The van der Waals surface area contributed by atoms with Gasteiger partial charge in [0.05, 0.1) is 0 Å². The predicted molar refractivity (Wildman–Crippen MR) is 152 cm³/mol. The van der Waals surface area contributed by atoms with Gasteiger partial charge in [0.15, 0.2) is 0 Å². The van der Waals surface area contributed by atoms with E-state index in [1.165, 1.54) is 5.56 Å². The van der Waals surface area contributed by atoms with Crippen LogP contribution in [0.5, 0.6) is 11.5 Å². The van der Waals surface area contributed by atoms with Crippen LogP contribution in [0.4, 0.5) is 0 Å². The zero-order valence-electron chi connectivity index (χ0n) is 21.2. The zero-order valence-corrected chi connectivity index (χ0v) is 23.7. The number of benzene rings is 3. The topological polar surface area (TPSA) is 18.5 Å². The Hall–Kier alpha value is -1.74. The van der Waals surface area contributed by atoms with Gasteiger partial charge in [0.1, 0.15) is 11.5 Å². The number of rotatable bonds is 9. The number of para-hydroxylation sites is 2. The van der Waals surface area contributed by atoms with Crippen LogP contribution in [0.15, 0.2) is 78.9 Å². The van der Waals surface area contributed by atoms with Crippen molar-refractivity contribution in [1.82, 2.24) is 0 Å². The summed E-state index contributed by atoms with van der Waals surface area (Å²) in [7, 11) is 0. The Morgan fingerprint density at radius 3 is 1.50 bits per heavy atom. The van der Waals surface area contributed by atoms with Gasteiger partial charge in [-0.15, -0.1) is 0 Å². The maximum atomic E-state index is 6.66. The lowest BCUT2D eigenvalue weighted by molar-refractivity contribution is 0.400. The Bertz CT molecular complexity index is 1050. The summed E-state index contributed by atoms with van der Waals surface area (Å²) in [6, 6.07) is 26.8. The van der Waals surface area contributed by atoms with Crippen molar-refractivity contribution < 1.29 is 9.05 Å². The van der Waals surface area contributed by atoms with Crippen molar-refractivity contribution >= 4 is 28.9 Å². The van der Waals surface area contributed by atoms with Gasteiger partial charge in [-0.25, -0.2) is 0 Å². The van der Waals surface area contributed by atoms with E-state index in [-0.39, 0.29) is 10.8 Å². The minimum Gasteiger partial charge on any atom is -0.428 e. The van der Waals surface area contributed by atoms with E-state index in [0.29, 0.717) is 0 Å². The van der Waals surface area contributed by atoms with Gasteiger partial charge in [0.25, 0.3) is 0 Å². The highest BCUT2D eigenvalue weighted by Gasteiger charge is 2.28. The van der Waals surface area contributed by atoms with Crippen LogP contribution in [0.1, 0.15) is 58.2 Å². The molecule has 3 rings (SSSR count). The first-order chi connectivity index (χ1) is 15.9. The van der Waals surface area contributed by atoms with Crippen LogP contribution in [0, 0.1) is 10.8 Å². The third kappa shape index (κ3) is 8.80. The molecule has 0 N–H and O–H groups in total. The lowest BCUT2D eigenvalue weighted by Crippen LogP contribution is -2.11. The lowest BCUT2D eigenvalue weighted by atomic mass is 9.88. The van der Waals surface area contributed by atoms with Crippen molar-refractivity contribution in [2.45, 2.75) is 60.1 Å². The van der Waals surface area contributed by atoms with Gasteiger partial charge in [-0.3, -0.25) is 0 Å². The number of hydrogen-bond donors (Lipinski definition) is 0. The van der Waals surface area contributed by atoms with Crippen molar-refractivity contribution in [2.24, 2.45) is 10.8 Å². The first-order valence-corrected chi connectivity index (χ1v) is 16.0. The molecule has 182 valence electrons. The second-order valence-electron chi connectivity index (χ2n) is 11.1. The predicted octanol–water partition coefficient (Wildman–Crippen LogP) is 9.48. The summed E-state index contributed by atoms with van der Waals surface area (Å²) in [5.41, 5.74) is 1.05. The summed E-state index contributed by atoms with van der Waals surface area (Å²) < 4.78 is 13.3. The van der Waals surface area contributed by atoms with Crippen LogP contribution in [0.3, 0.4) is 0 Å². The van der Waals surface area contributed by atoms with Gasteiger partial charge < -0.3 is 9.05 Å². The second-order valence-corrected chi connectivity index (χ2v) is 17.2. The van der Waals surface area contributed by atoms with Gasteiger partial charge in [-0.05, 0) is 75.7 Å².